The SMILES string of the molecule is CCOC(=O)/C=C(\C)NC(=O)c1ccccc1OCC. The first kappa shape index (κ1) is 15.8. The normalized spacial score (nSPS) is 10.8. The van der Waals surface area contributed by atoms with Gasteiger partial charge in [-0.1, -0.05) is 12.1 Å². The van der Waals surface area contributed by atoms with Gasteiger partial charge in [0.15, 0.2) is 0 Å². The Kier molecular flexibility index (Phi) is 6.29. The fraction of sp³-hybridized carbons (Fsp3) is 0.333. The van der Waals surface area contributed by atoms with Crippen LogP contribution in [-0.4, -0.2) is 25.1 Å². The number of carbonyl (C=O) groups excluding carboxylic acids is 2. The number of carbonyl (C=O) groups is 2. The lowest BCUT2D eigenvalue weighted by Gasteiger charge is -2.10. The number of allylic oxidation sites excluding steroid dienone is 1. The lowest BCUT2D eigenvalue weighted by Crippen LogP contribution is -2.23. The second-order valence-corrected chi connectivity index (χ2v) is 3.96. The smallest absolute Gasteiger partial charge is 0.332 e. The maximum absolute atomic E-state index is 12.1. The van der Waals surface area contributed by atoms with Crippen molar-refractivity contribution in [3.63, 3.8) is 0 Å². The highest BCUT2D eigenvalue weighted by Crippen LogP contribution is 2.17. The number of esters is 1. The molecule has 0 aliphatic carbocycles. The number of amides is 1. The monoisotopic (exact) mass is 277 g/mol. The maximum atomic E-state index is 12.1. The summed E-state index contributed by atoms with van der Waals surface area (Å²) in [6, 6.07) is 6.94. The van der Waals surface area contributed by atoms with Gasteiger partial charge in [-0.15, -0.1) is 0 Å². The molecule has 0 radical (unpaired) electrons. The van der Waals surface area contributed by atoms with Crippen LogP contribution in [0.25, 0.3) is 0 Å². The summed E-state index contributed by atoms with van der Waals surface area (Å²) in [5.41, 5.74) is 0.839. The van der Waals surface area contributed by atoms with E-state index in [9.17, 15) is 9.59 Å². The van der Waals surface area contributed by atoms with Crippen molar-refractivity contribution in [1.29, 1.82) is 0 Å². The van der Waals surface area contributed by atoms with Crippen molar-refractivity contribution in [3.8, 4) is 5.75 Å². The van der Waals surface area contributed by atoms with E-state index in [2.05, 4.69) is 5.32 Å². The van der Waals surface area contributed by atoms with Crippen LogP contribution < -0.4 is 10.1 Å². The zero-order chi connectivity index (χ0) is 15.0. The molecule has 1 aromatic rings. The Balaban J connectivity index is 2.78. The van der Waals surface area contributed by atoms with E-state index in [1.165, 1.54) is 6.08 Å². The molecule has 1 N–H and O–H groups in total. The van der Waals surface area contributed by atoms with Gasteiger partial charge in [-0.3, -0.25) is 4.79 Å². The molecule has 0 aliphatic rings. The Bertz CT molecular complexity index is 508. The lowest BCUT2D eigenvalue weighted by atomic mass is 10.2. The highest BCUT2D eigenvalue weighted by Gasteiger charge is 2.12. The second-order valence-electron chi connectivity index (χ2n) is 3.96. The highest BCUT2D eigenvalue weighted by atomic mass is 16.5. The molecule has 0 saturated carbocycles. The van der Waals surface area contributed by atoms with Crippen molar-refractivity contribution in [3.05, 3.63) is 41.6 Å². The molecule has 0 heterocycles. The molecule has 1 amide bonds. The first-order chi connectivity index (χ1) is 9.58. The van der Waals surface area contributed by atoms with Crippen molar-refractivity contribution >= 4 is 11.9 Å². The summed E-state index contributed by atoms with van der Waals surface area (Å²) in [6.07, 6.45) is 1.24. The molecule has 0 unspecified atom stereocenters. The van der Waals surface area contributed by atoms with Gasteiger partial charge >= 0.3 is 5.97 Å². The Morgan fingerprint density at radius 1 is 1.20 bits per heavy atom. The van der Waals surface area contributed by atoms with Gasteiger partial charge in [0.1, 0.15) is 5.75 Å². The topological polar surface area (TPSA) is 64.6 Å². The fourth-order valence-corrected chi connectivity index (χ4v) is 1.58. The Morgan fingerprint density at radius 3 is 2.55 bits per heavy atom. The molecule has 108 valence electrons. The van der Waals surface area contributed by atoms with E-state index in [4.69, 9.17) is 9.47 Å². The average molecular weight is 277 g/mol. The molecule has 0 fully saturated rings. The van der Waals surface area contributed by atoms with Gasteiger partial charge < -0.3 is 14.8 Å². The summed E-state index contributed by atoms with van der Waals surface area (Å²) in [5, 5.41) is 2.63. The predicted molar refractivity (Wildman–Crippen MR) is 75.5 cm³/mol. The van der Waals surface area contributed by atoms with Crippen LogP contribution in [-0.2, 0) is 9.53 Å². The third-order valence-corrected chi connectivity index (χ3v) is 2.36. The highest BCUT2D eigenvalue weighted by molar-refractivity contribution is 5.98. The van der Waals surface area contributed by atoms with E-state index >= 15 is 0 Å². The van der Waals surface area contributed by atoms with Crippen molar-refractivity contribution in [2.45, 2.75) is 20.8 Å². The number of rotatable bonds is 6. The average Bonchev–Trinajstić information content (AvgIpc) is 2.39. The van der Waals surface area contributed by atoms with Crippen molar-refractivity contribution in [2.75, 3.05) is 13.2 Å². The minimum absolute atomic E-state index is 0.295. The molecule has 0 aliphatic heterocycles. The van der Waals surface area contributed by atoms with Crippen LogP contribution in [0.1, 0.15) is 31.1 Å². The summed E-state index contributed by atoms with van der Waals surface area (Å²) >= 11 is 0. The quantitative estimate of drug-likeness (QED) is 0.640. The molecule has 0 spiro atoms. The third kappa shape index (κ3) is 4.76. The fourth-order valence-electron chi connectivity index (χ4n) is 1.58. The minimum atomic E-state index is -0.483. The van der Waals surface area contributed by atoms with E-state index in [1.807, 2.05) is 6.92 Å². The summed E-state index contributed by atoms with van der Waals surface area (Å²) < 4.78 is 10.2. The number of benzene rings is 1. The van der Waals surface area contributed by atoms with Gasteiger partial charge in [-0.25, -0.2) is 4.79 Å². The van der Waals surface area contributed by atoms with E-state index in [1.54, 1.807) is 38.1 Å². The molecular formula is C15H19NO4. The van der Waals surface area contributed by atoms with Crippen molar-refractivity contribution in [2.24, 2.45) is 0 Å². The number of ether oxygens (including phenoxy) is 2. The van der Waals surface area contributed by atoms with Crippen LogP contribution in [0, 0.1) is 0 Å². The van der Waals surface area contributed by atoms with E-state index in [0.717, 1.165) is 0 Å². The Morgan fingerprint density at radius 2 is 1.90 bits per heavy atom. The van der Waals surface area contributed by atoms with Crippen LogP contribution >= 0.6 is 0 Å². The van der Waals surface area contributed by atoms with Crippen LogP contribution in [0.4, 0.5) is 0 Å². The molecule has 5 heteroatoms. The zero-order valence-electron chi connectivity index (χ0n) is 11.9. The largest absolute Gasteiger partial charge is 0.493 e. The van der Waals surface area contributed by atoms with Crippen molar-refractivity contribution in [1.82, 2.24) is 5.32 Å². The molecule has 0 bridgehead atoms. The number of hydrogen-bond acceptors (Lipinski definition) is 4. The van der Waals surface area contributed by atoms with Crippen LogP contribution in [0.5, 0.6) is 5.75 Å². The minimum Gasteiger partial charge on any atom is -0.493 e. The number of hydrogen-bond donors (Lipinski definition) is 1. The van der Waals surface area contributed by atoms with Gasteiger partial charge in [-0.2, -0.15) is 0 Å². The van der Waals surface area contributed by atoms with Gasteiger partial charge in [-0.05, 0) is 32.9 Å². The van der Waals surface area contributed by atoms with Crippen LogP contribution in [0.2, 0.25) is 0 Å². The zero-order valence-corrected chi connectivity index (χ0v) is 11.9. The summed E-state index contributed by atoms with van der Waals surface area (Å²) in [6.45, 7) is 5.96. The number of para-hydroxylation sites is 1. The third-order valence-electron chi connectivity index (χ3n) is 2.36. The van der Waals surface area contributed by atoms with E-state index in [-0.39, 0.29) is 5.91 Å². The molecule has 0 atom stereocenters. The van der Waals surface area contributed by atoms with Gasteiger partial charge in [0.25, 0.3) is 5.91 Å². The molecular weight excluding hydrogens is 258 g/mol. The Hall–Kier alpha value is -2.30. The van der Waals surface area contributed by atoms with Gasteiger partial charge in [0, 0.05) is 11.8 Å². The van der Waals surface area contributed by atoms with E-state index < -0.39 is 5.97 Å². The summed E-state index contributed by atoms with van der Waals surface area (Å²) in [5.74, 6) is -0.299. The van der Waals surface area contributed by atoms with Crippen molar-refractivity contribution < 1.29 is 19.1 Å². The standard InChI is InChI=1S/C15H19NO4/c1-4-19-13-9-7-6-8-12(13)15(18)16-11(3)10-14(17)20-5-2/h6-10H,4-5H2,1-3H3,(H,16,18)/b11-10+. The van der Waals surface area contributed by atoms with Crippen LogP contribution in [0.3, 0.4) is 0 Å². The summed E-state index contributed by atoms with van der Waals surface area (Å²) in [4.78, 5) is 23.4. The number of nitrogens with one attached hydrogen (secondary N) is 1. The molecule has 5 nitrogen and oxygen atoms in total. The molecule has 1 rings (SSSR count). The first-order valence-corrected chi connectivity index (χ1v) is 6.46. The molecule has 1 aromatic carbocycles. The first-order valence-electron chi connectivity index (χ1n) is 6.46. The maximum Gasteiger partial charge on any atom is 0.332 e. The second kappa shape index (κ2) is 7.99. The molecule has 0 saturated heterocycles. The van der Waals surface area contributed by atoms with E-state index in [0.29, 0.717) is 30.2 Å². The molecule has 20 heavy (non-hydrogen) atoms. The lowest BCUT2D eigenvalue weighted by molar-refractivity contribution is -0.137. The van der Waals surface area contributed by atoms with Gasteiger partial charge in [0.2, 0.25) is 0 Å². The predicted octanol–water partition coefficient (Wildman–Crippen LogP) is 2.28. The Labute approximate surface area is 118 Å². The van der Waals surface area contributed by atoms with Gasteiger partial charge in [0.05, 0.1) is 18.8 Å². The molecule has 0 aromatic heterocycles. The summed E-state index contributed by atoms with van der Waals surface area (Å²) in [7, 11) is 0. The van der Waals surface area contributed by atoms with Crippen LogP contribution in [0.15, 0.2) is 36.0 Å².